The van der Waals surface area contributed by atoms with Crippen molar-refractivity contribution in [3.05, 3.63) is 0 Å². The minimum absolute atomic E-state index is 0.156. The molecule has 0 spiro atoms. The summed E-state index contributed by atoms with van der Waals surface area (Å²) >= 11 is 0. The van der Waals surface area contributed by atoms with Gasteiger partial charge in [-0.15, -0.1) is 0 Å². The largest absolute Gasteiger partial charge is 0.383 e. The SMILES string of the molecule is CCC(CN)S(=O)(=O)N(C)C(C)COC. The molecule has 0 rings (SSSR count). The van der Waals surface area contributed by atoms with Crippen molar-refractivity contribution in [3.63, 3.8) is 0 Å². The molecule has 0 bridgehead atoms. The topological polar surface area (TPSA) is 72.6 Å². The summed E-state index contributed by atoms with van der Waals surface area (Å²) in [7, 11) is -0.175. The molecule has 0 saturated carbocycles. The number of ether oxygens (including phenoxy) is 1. The molecule has 15 heavy (non-hydrogen) atoms. The summed E-state index contributed by atoms with van der Waals surface area (Å²) in [6, 6.07) is -0.166. The van der Waals surface area contributed by atoms with Crippen LogP contribution in [0.25, 0.3) is 0 Å². The molecule has 0 aromatic carbocycles. The lowest BCUT2D eigenvalue weighted by molar-refractivity contribution is 0.149. The van der Waals surface area contributed by atoms with Crippen molar-refractivity contribution < 1.29 is 13.2 Å². The molecule has 0 aromatic rings. The van der Waals surface area contributed by atoms with Crippen LogP contribution in [0.5, 0.6) is 0 Å². The second kappa shape index (κ2) is 6.42. The maximum absolute atomic E-state index is 12.0. The molecule has 0 saturated heterocycles. The Labute approximate surface area is 92.6 Å². The summed E-state index contributed by atoms with van der Waals surface area (Å²) in [6.07, 6.45) is 0.531. The van der Waals surface area contributed by atoms with Gasteiger partial charge in [0.1, 0.15) is 0 Å². The van der Waals surface area contributed by atoms with E-state index in [2.05, 4.69) is 0 Å². The number of rotatable bonds is 7. The number of sulfonamides is 1. The fraction of sp³-hybridized carbons (Fsp3) is 1.00. The average molecular weight is 238 g/mol. The first-order valence-corrected chi connectivity index (χ1v) is 6.57. The molecule has 0 amide bonds. The van der Waals surface area contributed by atoms with Gasteiger partial charge in [0.25, 0.3) is 0 Å². The minimum atomic E-state index is -3.29. The van der Waals surface area contributed by atoms with Gasteiger partial charge < -0.3 is 10.5 Å². The maximum Gasteiger partial charge on any atom is 0.218 e. The van der Waals surface area contributed by atoms with Gasteiger partial charge in [-0.2, -0.15) is 4.31 Å². The van der Waals surface area contributed by atoms with Gasteiger partial charge in [0.2, 0.25) is 10.0 Å². The third-order valence-corrected chi connectivity index (χ3v) is 5.10. The van der Waals surface area contributed by atoms with E-state index in [-0.39, 0.29) is 12.6 Å². The van der Waals surface area contributed by atoms with Gasteiger partial charge >= 0.3 is 0 Å². The van der Waals surface area contributed by atoms with Crippen molar-refractivity contribution >= 4 is 10.0 Å². The quantitative estimate of drug-likeness (QED) is 0.678. The Balaban J connectivity index is 4.71. The Morgan fingerprint density at radius 2 is 2.00 bits per heavy atom. The molecule has 0 radical (unpaired) electrons. The summed E-state index contributed by atoms with van der Waals surface area (Å²) in [6.45, 7) is 4.17. The molecule has 92 valence electrons. The Morgan fingerprint density at radius 1 is 1.47 bits per heavy atom. The standard InChI is InChI=1S/C9H22N2O3S/c1-5-9(6-10)15(12,13)11(3)8(2)7-14-4/h8-9H,5-7,10H2,1-4H3. The number of likely N-dealkylation sites (N-methyl/N-ethyl adjacent to an activating group) is 1. The number of hydrogen-bond donors (Lipinski definition) is 1. The zero-order chi connectivity index (χ0) is 12.1. The fourth-order valence-electron chi connectivity index (χ4n) is 1.33. The fourth-order valence-corrected chi connectivity index (χ4v) is 3.03. The number of methoxy groups -OCH3 is 1. The summed E-state index contributed by atoms with van der Waals surface area (Å²) in [5, 5.41) is -0.498. The lowest BCUT2D eigenvalue weighted by atomic mass is 10.3. The highest BCUT2D eigenvalue weighted by molar-refractivity contribution is 7.89. The van der Waals surface area contributed by atoms with Crippen molar-refractivity contribution in [1.29, 1.82) is 0 Å². The van der Waals surface area contributed by atoms with Gasteiger partial charge in [0, 0.05) is 26.7 Å². The highest BCUT2D eigenvalue weighted by Crippen LogP contribution is 2.12. The van der Waals surface area contributed by atoms with Gasteiger partial charge in [-0.3, -0.25) is 0 Å². The lowest BCUT2D eigenvalue weighted by Crippen LogP contribution is -2.45. The first-order valence-electron chi connectivity index (χ1n) is 5.07. The van der Waals surface area contributed by atoms with Crippen LogP contribution in [0.15, 0.2) is 0 Å². The zero-order valence-electron chi connectivity index (χ0n) is 9.93. The van der Waals surface area contributed by atoms with Crippen LogP contribution >= 0.6 is 0 Å². The van der Waals surface area contributed by atoms with Gasteiger partial charge in [-0.05, 0) is 13.3 Å². The number of hydrogen-bond acceptors (Lipinski definition) is 4. The Morgan fingerprint density at radius 3 is 2.33 bits per heavy atom. The maximum atomic E-state index is 12.0. The van der Waals surface area contributed by atoms with Crippen molar-refractivity contribution in [2.45, 2.75) is 31.6 Å². The molecule has 0 aliphatic rings. The molecule has 5 nitrogen and oxygen atoms in total. The number of nitrogens with two attached hydrogens (primary N) is 1. The van der Waals surface area contributed by atoms with Crippen molar-refractivity contribution in [2.24, 2.45) is 5.73 Å². The lowest BCUT2D eigenvalue weighted by Gasteiger charge is -2.27. The molecule has 2 unspecified atom stereocenters. The second-order valence-corrected chi connectivity index (χ2v) is 5.90. The summed E-state index contributed by atoms with van der Waals surface area (Å²) < 4.78 is 30.3. The molecule has 0 heterocycles. The van der Waals surface area contributed by atoms with Crippen LogP contribution in [-0.4, -0.2) is 51.3 Å². The monoisotopic (exact) mass is 238 g/mol. The predicted octanol–water partition coefficient (Wildman–Crippen LogP) is 0.0202. The van der Waals surface area contributed by atoms with Gasteiger partial charge in [0.05, 0.1) is 11.9 Å². The first-order chi connectivity index (χ1) is 6.91. The number of nitrogens with zero attached hydrogens (tertiary/aromatic N) is 1. The third kappa shape index (κ3) is 3.71. The van der Waals surface area contributed by atoms with Crippen molar-refractivity contribution in [1.82, 2.24) is 4.31 Å². The van der Waals surface area contributed by atoms with E-state index in [4.69, 9.17) is 10.5 Å². The minimum Gasteiger partial charge on any atom is -0.383 e. The molecule has 0 fully saturated rings. The Bertz CT molecular complexity index is 263. The molecular weight excluding hydrogens is 216 g/mol. The van der Waals surface area contributed by atoms with Crippen LogP contribution in [0.2, 0.25) is 0 Å². The van der Waals surface area contributed by atoms with E-state index in [1.165, 1.54) is 4.31 Å². The van der Waals surface area contributed by atoms with E-state index in [9.17, 15) is 8.42 Å². The molecule has 0 aliphatic heterocycles. The van der Waals surface area contributed by atoms with E-state index in [0.717, 1.165) is 0 Å². The first kappa shape index (κ1) is 14.8. The van der Waals surface area contributed by atoms with E-state index in [0.29, 0.717) is 13.0 Å². The van der Waals surface area contributed by atoms with Crippen LogP contribution in [0.4, 0.5) is 0 Å². The smallest absolute Gasteiger partial charge is 0.218 e. The molecular formula is C9H22N2O3S. The highest BCUT2D eigenvalue weighted by atomic mass is 32.2. The Kier molecular flexibility index (Phi) is 6.35. The van der Waals surface area contributed by atoms with E-state index in [1.807, 2.05) is 13.8 Å². The average Bonchev–Trinajstić information content (AvgIpc) is 2.18. The molecule has 6 heteroatoms. The van der Waals surface area contributed by atoms with Crippen molar-refractivity contribution in [3.8, 4) is 0 Å². The summed E-state index contributed by atoms with van der Waals surface area (Å²) in [4.78, 5) is 0. The Hall–Kier alpha value is -0.170. The van der Waals surface area contributed by atoms with Crippen LogP contribution in [0.1, 0.15) is 20.3 Å². The summed E-state index contributed by atoms with van der Waals surface area (Å²) in [5.41, 5.74) is 5.44. The van der Waals surface area contributed by atoms with Crippen LogP contribution in [0, 0.1) is 0 Å². The molecule has 2 N–H and O–H groups in total. The van der Waals surface area contributed by atoms with E-state index in [1.54, 1.807) is 14.2 Å². The third-order valence-electron chi connectivity index (χ3n) is 2.57. The molecule has 0 aliphatic carbocycles. The van der Waals surface area contributed by atoms with Gasteiger partial charge in [-0.1, -0.05) is 6.92 Å². The van der Waals surface area contributed by atoms with Crippen LogP contribution in [-0.2, 0) is 14.8 Å². The predicted molar refractivity (Wildman–Crippen MR) is 61.2 cm³/mol. The van der Waals surface area contributed by atoms with Crippen molar-refractivity contribution in [2.75, 3.05) is 27.3 Å². The normalized spacial score (nSPS) is 16.7. The molecule has 2 atom stereocenters. The van der Waals surface area contributed by atoms with E-state index < -0.39 is 15.3 Å². The summed E-state index contributed by atoms with van der Waals surface area (Å²) in [5.74, 6) is 0. The molecule has 0 aromatic heterocycles. The van der Waals surface area contributed by atoms with E-state index >= 15 is 0 Å². The second-order valence-electron chi connectivity index (χ2n) is 3.63. The zero-order valence-corrected chi connectivity index (χ0v) is 10.8. The van der Waals surface area contributed by atoms with Gasteiger partial charge in [0.15, 0.2) is 0 Å². The van der Waals surface area contributed by atoms with Crippen LogP contribution < -0.4 is 5.73 Å². The highest BCUT2D eigenvalue weighted by Gasteiger charge is 2.30. The van der Waals surface area contributed by atoms with Crippen LogP contribution in [0.3, 0.4) is 0 Å². The van der Waals surface area contributed by atoms with Gasteiger partial charge in [-0.25, -0.2) is 8.42 Å².